The van der Waals surface area contributed by atoms with E-state index in [0.29, 0.717) is 36.3 Å². The summed E-state index contributed by atoms with van der Waals surface area (Å²) in [6.45, 7) is 8.69. The Morgan fingerprint density at radius 2 is 1.81 bits per heavy atom. The van der Waals surface area contributed by atoms with Gasteiger partial charge in [0.2, 0.25) is 0 Å². The van der Waals surface area contributed by atoms with Gasteiger partial charge in [0.1, 0.15) is 5.82 Å². The molecule has 0 saturated carbocycles. The van der Waals surface area contributed by atoms with Crippen LogP contribution in [0.25, 0.3) is 0 Å². The van der Waals surface area contributed by atoms with Gasteiger partial charge in [0.15, 0.2) is 5.78 Å². The number of thioether (sulfide) groups is 1. The van der Waals surface area contributed by atoms with Gasteiger partial charge < -0.3 is 5.32 Å². The lowest BCUT2D eigenvalue weighted by atomic mass is 9.69. The predicted molar refractivity (Wildman–Crippen MR) is 125 cm³/mol. The van der Waals surface area contributed by atoms with Gasteiger partial charge in [-0.1, -0.05) is 39.8 Å². The summed E-state index contributed by atoms with van der Waals surface area (Å²) in [5.41, 5.74) is 1.78. The zero-order chi connectivity index (χ0) is 22.5. The SMILES string of the molecule is CSc1ccc([C@H]2C3=C(CC(C)(C)CC3=O)Nc3c2c(=O)[nH]c(=O)n3CC(C)C)cc1. The molecule has 2 N–H and O–H groups in total. The first kappa shape index (κ1) is 21.7. The molecule has 2 aromatic rings. The highest BCUT2D eigenvalue weighted by atomic mass is 32.2. The number of carbonyl (C=O) groups is 1. The molecule has 1 atom stereocenters. The standard InChI is InChI=1S/C24H29N3O3S/c1-13(2)12-27-21-20(22(29)26-23(27)30)18(14-6-8-15(31-5)9-7-14)19-16(25-21)10-24(3,4)11-17(19)28/h6-9,13,18,25H,10-12H2,1-5H3,(H,26,29,30)/t18-/m0/s1. The van der Waals surface area contributed by atoms with Crippen molar-refractivity contribution in [1.29, 1.82) is 0 Å². The van der Waals surface area contributed by atoms with Crippen LogP contribution in [0.15, 0.2) is 50.0 Å². The van der Waals surface area contributed by atoms with E-state index in [1.165, 1.54) is 0 Å². The number of ketones is 1. The summed E-state index contributed by atoms with van der Waals surface area (Å²) in [6.07, 6.45) is 3.14. The van der Waals surface area contributed by atoms with E-state index < -0.39 is 17.2 Å². The number of anilines is 1. The molecule has 1 aromatic heterocycles. The Morgan fingerprint density at radius 1 is 1.13 bits per heavy atom. The number of aromatic amines is 1. The number of aromatic nitrogens is 2. The van der Waals surface area contributed by atoms with Crippen molar-refractivity contribution in [3.05, 3.63) is 67.5 Å². The molecule has 2 heterocycles. The molecule has 0 fully saturated rings. The molecule has 1 aliphatic carbocycles. The second-order valence-corrected chi connectivity index (χ2v) is 10.6. The maximum absolute atomic E-state index is 13.3. The van der Waals surface area contributed by atoms with Crippen LogP contribution in [-0.4, -0.2) is 21.6 Å². The van der Waals surface area contributed by atoms with E-state index in [-0.39, 0.29) is 17.1 Å². The number of nitrogens with zero attached hydrogens (tertiary/aromatic N) is 1. The van der Waals surface area contributed by atoms with Crippen molar-refractivity contribution in [3.63, 3.8) is 0 Å². The van der Waals surface area contributed by atoms with Crippen molar-refractivity contribution in [2.75, 3.05) is 11.6 Å². The summed E-state index contributed by atoms with van der Waals surface area (Å²) in [5.74, 6) is 0.303. The Morgan fingerprint density at radius 3 is 2.42 bits per heavy atom. The van der Waals surface area contributed by atoms with E-state index in [1.807, 2.05) is 44.4 Å². The van der Waals surface area contributed by atoms with Crippen LogP contribution in [-0.2, 0) is 11.3 Å². The minimum atomic E-state index is -0.492. The molecule has 0 saturated heterocycles. The number of hydrogen-bond acceptors (Lipinski definition) is 5. The Hall–Kier alpha value is -2.54. The topological polar surface area (TPSA) is 84.0 Å². The zero-order valence-corrected chi connectivity index (χ0v) is 19.5. The molecule has 164 valence electrons. The Balaban J connectivity index is 2.01. The van der Waals surface area contributed by atoms with Crippen molar-refractivity contribution >= 4 is 23.4 Å². The van der Waals surface area contributed by atoms with Crippen LogP contribution in [0.1, 0.15) is 57.6 Å². The van der Waals surface area contributed by atoms with E-state index in [1.54, 1.807) is 16.3 Å². The molecule has 0 radical (unpaired) electrons. The highest BCUT2D eigenvalue weighted by Crippen LogP contribution is 2.47. The van der Waals surface area contributed by atoms with Crippen LogP contribution in [0.4, 0.5) is 5.82 Å². The van der Waals surface area contributed by atoms with Gasteiger partial charge in [0.25, 0.3) is 5.56 Å². The fourth-order valence-corrected chi connectivity index (χ4v) is 5.13. The van der Waals surface area contributed by atoms with Gasteiger partial charge >= 0.3 is 5.69 Å². The molecule has 1 aromatic carbocycles. The van der Waals surface area contributed by atoms with Gasteiger partial charge in [0, 0.05) is 35.0 Å². The Kier molecular flexibility index (Phi) is 5.50. The molecule has 1 aliphatic heterocycles. The summed E-state index contributed by atoms with van der Waals surface area (Å²) in [7, 11) is 0. The molecular weight excluding hydrogens is 410 g/mol. The first-order chi connectivity index (χ1) is 14.6. The van der Waals surface area contributed by atoms with Crippen molar-refractivity contribution < 1.29 is 4.79 Å². The monoisotopic (exact) mass is 439 g/mol. The molecule has 6 nitrogen and oxygen atoms in total. The molecule has 7 heteroatoms. The molecule has 0 spiro atoms. The molecule has 31 heavy (non-hydrogen) atoms. The fraction of sp³-hybridized carbons (Fsp3) is 0.458. The van der Waals surface area contributed by atoms with E-state index in [4.69, 9.17) is 0 Å². The summed E-state index contributed by atoms with van der Waals surface area (Å²) in [4.78, 5) is 42.7. The maximum Gasteiger partial charge on any atom is 0.329 e. The minimum Gasteiger partial charge on any atom is -0.344 e. The Labute approximate surface area is 186 Å². The molecule has 0 bridgehead atoms. The number of H-pyrrole nitrogens is 1. The predicted octanol–water partition coefficient (Wildman–Crippen LogP) is 4.12. The van der Waals surface area contributed by atoms with Crippen LogP contribution in [0.5, 0.6) is 0 Å². The summed E-state index contributed by atoms with van der Waals surface area (Å²) < 4.78 is 1.61. The van der Waals surface area contributed by atoms with Gasteiger partial charge in [-0.15, -0.1) is 11.8 Å². The largest absolute Gasteiger partial charge is 0.344 e. The van der Waals surface area contributed by atoms with Gasteiger partial charge in [-0.25, -0.2) is 4.79 Å². The third-order valence-electron chi connectivity index (χ3n) is 6.00. The van der Waals surface area contributed by atoms with Crippen molar-refractivity contribution in [2.24, 2.45) is 11.3 Å². The summed E-state index contributed by atoms with van der Waals surface area (Å²) >= 11 is 1.64. The number of allylic oxidation sites excluding steroid dienone is 2. The third kappa shape index (κ3) is 3.91. The van der Waals surface area contributed by atoms with E-state index in [2.05, 4.69) is 24.1 Å². The van der Waals surface area contributed by atoms with Crippen molar-refractivity contribution in [3.8, 4) is 0 Å². The van der Waals surface area contributed by atoms with E-state index >= 15 is 0 Å². The van der Waals surface area contributed by atoms with Crippen LogP contribution < -0.4 is 16.6 Å². The molecule has 2 aliphatic rings. The van der Waals surface area contributed by atoms with Crippen molar-refractivity contribution in [2.45, 2.75) is 57.9 Å². The fourth-order valence-electron chi connectivity index (χ4n) is 4.73. The number of rotatable bonds is 4. The number of nitrogens with one attached hydrogen (secondary N) is 2. The van der Waals surface area contributed by atoms with Gasteiger partial charge in [-0.3, -0.25) is 19.1 Å². The van der Waals surface area contributed by atoms with Gasteiger partial charge in [-0.05, 0) is 41.7 Å². The van der Waals surface area contributed by atoms with Crippen molar-refractivity contribution in [1.82, 2.24) is 9.55 Å². The molecule has 4 rings (SSSR count). The second kappa shape index (κ2) is 7.86. The highest BCUT2D eigenvalue weighted by Gasteiger charge is 2.42. The normalized spacial score (nSPS) is 19.8. The average molecular weight is 440 g/mol. The average Bonchev–Trinajstić information content (AvgIpc) is 2.68. The number of carbonyl (C=O) groups excluding carboxylic acids is 1. The zero-order valence-electron chi connectivity index (χ0n) is 18.7. The maximum atomic E-state index is 13.3. The first-order valence-electron chi connectivity index (χ1n) is 10.7. The van der Waals surface area contributed by atoms with Crippen LogP contribution >= 0.6 is 11.8 Å². The van der Waals surface area contributed by atoms with Gasteiger partial charge in [-0.2, -0.15) is 0 Å². The minimum absolute atomic E-state index is 0.0596. The quantitative estimate of drug-likeness (QED) is 0.701. The number of fused-ring (bicyclic) bond motifs is 1. The summed E-state index contributed by atoms with van der Waals surface area (Å²) in [5, 5.41) is 3.36. The Bertz CT molecular complexity index is 1190. The highest BCUT2D eigenvalue weighted by molar-refractivity contribution is 7.98. The van der Waals surface area contributed by atoms with E-state index in [0.717, 1.165) is 16.2 Å². The second-order valence-electron chi connectivity index (χ2n) is 9.69. The lowest BCUT2D eigenvalue weighted by Gasteiger charge is -2.39. The van der Waals surface area contributed by atoms with E-state index in [9.17, 15) is 14.4 Å². The lowest BCUT2D eigenvalue weighted by Crippen LogP contribution is -2.42. The van der Waals surface area contributed by atoms with Crippen LogP contribution in [0, 0.1) is 11.3 Å². The molecule has 0 unspecified atom stereocenters. The van der Waals surface area contributed by atoms with Crippen LogP contribution in [0.3, 0.4) is 0 Å². The first-order valence-corrected chi connectivity index (χ1v) is 11.9. The lowest BCUT2D eigenvalue weighted by molar-refractivity contribution is -0.118. The molecular formula is C24H29N3O3S. The number of hydrogen-bond donors (Lipinski definition) is 2. The number of benzene rings is 1. The van der Waals surface area contributed by atoms with Crippen LogP contribution in [0.2, 0.25) is 0 Å². The smallest absolute Gasteiger partial charge is 0.329 e. The van der Waals surface area contributed by atoms with Gasteiger partial charge in [0.05, 0.1) is 5.56 Å². The molecule has 0 amide bonds. The summed E-state index contributed by atoms with van der Waals surface area (Å²) in [6, 6.07) is 8.00. The third-order valence-corrected chi connectivity index (χ3v) is 6.74. The number of Topliss-reactive ketones (excluding diaryl/α,β-unsaturated/α-hetero) is 1.